The highest BCUT2D eigenvalue weighted by atomic mass is 16.5. The van der Waals surface area contributed by atoms with Gasteiger partial charge in [-0.15, -0.1) is 0 Å². The standard InChI is InChI=1S/C18H19N3O3/c1-12-3-4-17(13(2)7-12)24-10-14(22)9-21-11-20-16-8-19-6-5-15(16)18(21)23/h3-8,11,14,22H,9-10H2,1-2H3/t14-/m1/s1. The van der Waals surface area contributed by atoms with E-state index in [1.54, 1.807) is 18.5 Å². The van der Waals surface area contributed by atoms with Crippen LogP contribution in [0.3, 0.4) is 0 Å². The second-order valence-corrected chi connectivity index (χ2v) is 5.83. The number of hydrogen-bond acceptors (Lipinski definition) is 5. The number of pyridine rings is 1. The SMILES string of the molecule is Cc1ccc(OC[C@H](O)Cn2cnc3cnccc3c2=O)c(C)c1. The van der Waals surface area contributed by atoms with Crippen molar-refractivity contribution < 1.29 is 9.84 Å². The topological polar surface area (TPSA) is 77.2 Å². The van der Waals surface area contributed by atoms with Crippen molar-refractivity contribution in [1.82, 2.24) is 14.5 Å². The van der Waals surface area contributed by atoms with Gasteiger partial charge in [-0.05, 0) is 31.5 Å². The number of aromatic nitrogens is 3. The minimum atomic E-state index is -0.815. The molecule has 0 saturated heterocycles. The van der Waals surface area contributed by atoms with Gasteiger partial charge in [-0.2, -0.15) is 0 Å². The zero-order valence-electron chi connectivity index (χ0n) is 13.6. The summed E-state index contributed by atoms with van der Waals surface area (Å²) >= 11 is 0. The minimum Gasteiger partial charge on any atom is -0.491 e. The molecule has 0 saturated carbocycles. The molecule has 3 rings (SSSR count). The van der Waals surface area contributed by atoms with Crippen molar-refractivity contribution in [2.75, 3.05) is 6.61 Å². The first-order valence-electron chi connectivity index (χ1n) is 7.72. The lowest BCUT2D eigenvalue weighted by atomic mass is 10.1. The number of rotatable bonds is 5. The first kappa shape index (κ1) is 16.1. The summed E-state index contributed by atoms with van der Waals surface area (Å²) in [5, 5.41) is 10.7. The number of aryl methyl sites for hydroxylation is 2. The van der Waals surface area contributed by atoms with Crippen molar-refractivity contribution in [2.45, 2.75) is 26.5 Å². The van der Waals surface area contributed by atoms with E-state index in [-0.39, 0.29) is 18.7 Å². The Morgan fingerprint density at radius 1 is 1.29 bits per heavy atom. The normalized spacial score (nSPS) is 12.3. The molecular formula is C18H19N3O3. The maximum absolute atomic E-state index is 12.4. The second-order valence-electron chi connectivity index (χ2n) is 5.83. The first-order valence-corrected chi connectivity index (χ1v) is 7.72. The van der Waals surface area contributed by atoms with Crippen molar-refractivity contribution in [1.29, 1.82) is 0 Å². The third-order valence-corrected chi connectivity index (χ3v) is 3.80. The van der Waals surface area contributed by atoms with Gasteiger partial charge in [0.05, 0.1) is 30.0 Å². The molecule has 6 nitrogen and oxygen atoms in total. The van der Waals surface area contributed by atoms with Crippen LogP contribution in [0.5, 0.6) is 5.75 Å². The van der Waals surface area contributed by atoms with Gasteiger partial charge >= 0.3 is 0 Å². The van der Waals surface area contributed by atoms with Gasteiger partial charge in [-0.1, -0.05) is 17.7 Å². The van der Waals surface area contributed by atoms with E-state index in [4.69, 9.17) is 4.74 Å². The second kappa shape index (κ2) is 6.80. The number of fused-ring (bicyclic) bond motifs is 1. The predicted octanol–water partition coefficient (Wildman–Crippen LogP) is 1.85. The van der Waals surface area contributed by atoms with E-state index in [0.29, 0.717) is 10.9 Å². The zero-order chi connectivity index (χ0) is 17.1. The molecule has 0 fully saturated rings. The number of benzene rings is 1. The third kappa shape index (κ3) is 3.44. The lowest BCUT2D eigenvalue weighted by Gasteiger charge is -2.15. The molecule has 24 heavy (non-hydrogen) atoms. The van der Waals surface area contributed by atoms with Crippen molar-refractivity contribution in [3.8, 4) is 5.75 Å². The molecule has 1 atom stereocenters. The van der Waals surface area contributed by atoms with Gasteiger partial charge in [0.15, 0.2) is 0 Å². The molecule has 1 N–H and O–H groups in total. The van der Waals surface area contributed by atoms with Gasteiger partial charge in [0.2, 0.25) is 0 Å². The van der Waals surface area contributed by atoms with E-state index in [9.17, 15) is 9.90 Å². The number of aliphatic hydroxyl groups excluding tert-OH is 1. The van der Waals surface area contributed by atoms with E-state index >= 15 is 0 Å². The fourth-order valence-corrected chi connectivity index (χ4v) is 2.57. The van der Waals surface area contributed by atoms with Crippen LogP contribution in [0.1, 0.15) is 11.1 Å². The van der Waals surface area contributed by atoms with Crippen LogP contribution in [-0.2, 0) is 6.54 Å². The van der Waals surface area contributed by atoms with E-state index in [2.05, 4.69) is 9.97 Å². The van der Waals surface area contributed by atoms with Gasteiger partial charge in [0.25, 0.3) is 5.56 Å². The molecule has 6 heteroatoms. The Labute approximate surface area is 139 Å². The quantitative estimate of drug-likeness (QED) is 0.774. The lowest BCUT2D eigenvalue weighted by Crippen LogP contribution is -2.30. The van der Waals surface area contributed by atoms with Crippen LogP contribution < -0.4 is 10.3 Å². The first-order chi connectivity index (χ1) is 11.5. The molecular weight excluding hydrogens is 306 g/mol. The Bertz CT molecular complexity index is 921. The molecule has 1 aromatic carbocycles. The molecule has 0 radical (unpaired) electrons. The molecule has 3 aromatic rings. The predicted molar refractivity (Wildman–Crippen MR) is 91.2 cm³/mol. The summed E-state index contributed by atoms with van der Waals surface area (Å²) < 4.78 is 7.04. The fourth-order valence-electron chi connectivity index (χ4n) is 2.57. The van der Waals surface area contributed by atoms with E-state index in [0.717, 1.165) is 16.9 Å². The molecule has 0 spiro atoms. The van der Waals surface area contributed by atoms with E-state index < -0.39 is 6.10 Å². The highest BCUT2D eigenvalue weighted by Gasteiger charge is 2.11. The Morgan fingerprint density at radius 3 is 2.92 bits per heavy atom. The van der Waals surface area contributed by atoms with Gasteiger partial charge in [-0.25, -0.2) is 4.98 Å². The summed E-state index contributed by atoms with van der Waals surface area (Å²) in [5.41, 5.74) is 2.51. The molecule has 0 amide bonds. The van der Waals surface area contributed by atoms with Crippen LogP contribution in [-0.4, -0.2) is 32.4 Å². The summed E-state index contributed by atoms with van der Waals surface area (Å²) in [7, 11) is 0. The molecule has 2 aromatic heterocycles. The van der Waals surface area contributed by atoms with Crippen LogP contribution in [0.2, 0.25) is 0 Å². The maximum atomic E-state index is 12.4. The van der Waals surface area contributed by atoms with Gasteiger partial charge < -0.3 is 9.84 Å². The largest absolute Gasteiger partial charge is 0.491 e. The van der Waals surface area contributed by atoms with Crippen molar-refractivity contribution in [3.05, 3.63) is 64.5 Å². The number of aliphatic hydroxyl groups is 1. The van der Waals surface area contributed by atoms with Crippen LogP contribution in [0, 0.1) is 13.8 Å². The lowest BCUT2D eigenvalue weighted by molar-refractivity contribution is 0.0911. The average Bonchev–Trinajstić information content (AvgIpc) is 2.57. The van der Waals surface area contributed by atoms with Crippen LogP contribution >= 0.6 is 0 Å². The van der Waals surface area contributed by atoms with Gasteiger partial charge in [0.1, 0.15) is 18.5 Å². The monoisotopic (exact) mass is 325 g/mol. The van der Waals surface area contributed by atoms with E-state index in [1.165, 1.54) is 10.9 Å². The summed E-state index contributed by atoms with van der Waals surface area (Å²) in [6.07, 6.45) is 3.70. The maximum Gasteiger partial charge on any atom is 0.261 e. The minimum absolute atomic E-state index is 0.102. The van der Waals surface area contributed by atoms with Crippen LogP contribution in [0.4, 0.5) is 0 Å². The van der Waals surface area contributed by atoms with Gasteiger partial charge in [0, 0.05) is 6.20 Å². The summed E-state index contributed by atoms with van der Waals surface area (Å²) in [5.74, 6) is 0.731. The molecule has 124 valence electrons. The number of nitrogens with zero attached hydrogens (tertiary/aromatic N) is 3. The molecule has 0 aliphatic heterocycles. The Hall–Kier alpha value is -2.73. The van der Waals surface area contributed by atoms with Crippen molar-refractivity contribution >= 4 is 10.9 Å². The molecule has 0 aliphatic rings. The number of hydrogen-bond donors (Lipinski definition) is 1. The summed E-state index contributed by atoms with van der Waals surface area (Å²) in [6.45, 7) is 4.19. The molecule has 0 aliphatic carbocycles. The Morgan fingerprint density at radius 2 is 2.12 bits per heavy atom. The molecule has 0 unspecified atom stereocenters. The van der Waals surface area contributed by atoms with Crippen molar-refractivity contribution in [2.24, 2.45) is 0 Å². The van der Waals surface area contributed by atoms with Crippen molar-refractivity contribution in [3.63, 3.8) is 0 Å². The summed E-state index contributed by atoms with van der Waals surface area (Å²) in [4.78, 5) is 20.5. The molecule has 0 bridgehead atoms. The number of ether oxygens (including phenoxy) is 1. The van der Waals surface area contributed by atoms with Crippen LogP contribution in [0.25, 0.3) is 10.9 Å². The van der Waals surface area contributed by atoms with Gasteiger partial charge in [-0.3, -0.25) is 14.3 Å². The fraction of sp³-hybridized carbons (Fsp3) is 0.278. The Balaban J connectivity index is 1.70. The molecule has 2 heterocycles. The Kier molecular flexibility index (Phi) is 4.57. The average molecular weight is 325 g/mol. The van der Waals surface area contributed by atoms with E-state index in [1.807, 2.05) is 32.0 Å². The zero-order valence-corrected chi connectivity index (χ0v) is 13.6. The highest BCUT2D eigenvalue weighted by molar-refractivity contribution is 5.75. The highest BCUT2D eigenvalue weighted by Crippen LogP contribution is 2.18. The van der Waals surface area contributed by atoms with Crippen LogP contribution in [0.15, 0.2) is 47.8 Å². The smallest absolute Gasteiger partial charge is 0.261 e. The summed E-state index contributed by atoms with van der Waals surface area (Å²) in [6, 6.07) is 7.49. The third-order valence-electron chi connectivity index (χ3n) is 3.80.